The predicted octanol–water partition coefficient (Wildman–Crippen LogP) is 4.00. The van der Waals surface area contributed by atoms with Crippen LogP contribution in [0, 0.1) is 5.92 Å². The van der Waals surface area contributed by atoms with Crippen molar-refractivity contribution in [3.05, 3.63) is 59.2 Å². The van der Waals surface area contributed by atoms with E-state index >= 15 is 0 Å². The van der Waals surface area contributed by atoms with Crippen LogP contribution in [0.1, 0.15) is 60.5 Å². The van der Waals surface area contributed by atoms with Gasteiger partial charge in [-0.25, -0.2) is 4.79 Å². The molecule has 0 bridgehead atoms. The lowest BCUT2D eigenvalue weighted by atomic mass is 9.75. The zero-order valence-corrected chi connectivity index (χ0v) is 20.0. The summed E-state index contributed by atoms with van der Waals surface area (Å²) >= 11 is 0. The van der Waals surface area contributed by atoms with Gasteiger partial charge in [-0.1, -0.05) is 37.6 Å². The van der Waals surface area contributed by atoms with Crippen molar-refractivity contribution in [1.82, 2.24) is 5.32 Å². The number of carboxylic acid groups (broad SMARTS) is 1. The number of hydrogen-bond acceptors (Lipinski definition) is 5. The van der Waals surface area contributed by atoms with Gasteiger partial charge in [0.2, 0.25) is 0 Å². The van der Waals surface area contributed by atoms with E-state index in [-0.39, 0.29) is 6.61 Å². The number of aliphatic hydroxyl groups excluding tert-OH is 1. The van der Waals surface area contributed by atoms with E-state index in [0.717, 1.165) is 30.4 Å². The second-order valence-corrected chi connectivity index (χ2v) is 8.95. The summed E-state index contributed by atoms with van der Waals surface area (Å²) in [6.45, 7) is 2.59. The maximum Gasteiger partial charge on any atom is 0.329 e. The molecule has 34 heavy (non-hydrogen) atoms. The second kappa shape index (κ2) is 11.9. The fourth-order valence-electron chi connectivity index (χ4n) is 4.54. The molecule has 0 radical (unpaired) electrons. The van der Waals surface area contributed by atoms with Gasteiger partial charge in [-0.15, -0.1) is 0 Å². The average Bonchev–Trinajstić information content (AvgIpc) is 2.84. The molecule has 1 aliphatic carbocycles. The van der Waals surface area contributed by atoms with Gasteiger partial charge in [-0.05, 0) is 67.3 Å². The van der Waals surface area contributed by atoms with Crippen molar-refractivity contribution >= 4 is 11.9 Å². The third-order valence-corrected chi connectivity index (χ3v) is 6.76. The van der Waals surface area contributed by atoms with E-state index in [1.807, 2.05) is 24.3 Å². The van der Waals surface area contributed by atoms with Gasteiger partial charge in [0.15, 0.2) is 11.5 Å². The van der Waals surface area contributed by atoms with Crippen LogP contribution >= 0.6 is 0 Å². The van der Waals surface area contributed by atoms with Gasteiger partial charge in [0.1, 0.15) is 5.54 Å². The number of rotatable bonds is 11. The molecule has 0 aromatic heterocycles. The van der Waals surface area contributed by atoms with Crippen molar-refractivity contribution in [3.63, 3.8) is 0 Å². The summed E-state index contributed by atoms with van der Waals surface area (Å²) in [5.41, 5.74) is 1.25. The Morgan fingerprint density at radius 2 is 1.76 bits per heavy atom. The largest absolute Gasteiger partial charge is 0.493 e. The highest BCUT2D eigenvalue weighted by Gasteiger charge is 2.43. The first-order valence-electron chi connectivity index (χ1n) is 12.0. The van der Waals surface area contributed by atoms with E-state index in [9.17, 15) is 14.7 Å². The lowest BCUT2D eigenvalue weighted by molar-refractivity contribution is -0.146. The minimum absolute atomic E-state index is 0.106. The monoisotopic (exact) mass is 469 g/mol. The number of ether oxygens (including phenoxy) is 2. The van der Waals surface area contributed by atoms with Gasteiger partial charge < -0.3 is 25.0 Å². The van der Waals surface area contributed by atoms with Gasteiger partial charge >= 0.3 is 5.97 Å². The Morgan fingerprint density at radius 3 is 2.38 bits per heavy atom. The number of nitrogens with one attached hydrogen (secondary N) is 1. The van der Waals surface area contributed by atoms with Crippen LogP contribution in [0.2, 0.25) is 0 Å². The van der Waals surface area contributed by atoms with Crippen LogP contribution in [0.4, 0.5) is 0 Å². The molecule has 1 saturated carbocycles. The van der Waals surface area contributed by atoms with Crippen LogP contribution < -0.4 is 14.8 Å². The van der Waals surface area contributed by atoms with Crippen molar-refractivity contribution < 1.29 is 29.3 Å². The van der Waals surface area contributed by atoms with Gasteiger partial charge in [0, 0.05) is 18.6 Å². The molecular weight excluding hydrogens is 434 g/mol. The van der Waals surface area contributed by atoms with E-state index in [1.54, 1.807) is 18.2 Å². The van der Waals surface area contributed by atoms with Crippen LogP contribution in [0.3, 0.4) is 0 Å². The summed E-state index contributed by atoms with van der Waals surface area (Å²) in [5.74, 6) is 0.0304. The van der Waals surface area contributed by atoms with Crippen molar-refractivity contribution in [3.8, 4) is 11.5 Å². The topological polar surface area (TPSA) is 105 Å². The van der Waals surface area contributed by atoms with Crippen LogP contribution in [0.15, 0.2) is 42.5 Å². The lowest BCUT2D eigenvalue weighted by Gasteiger charge is -2.37. The Bertz CT molecular complexity index is 981. The molecule has 0 atom stereocenters. The zero-order valence-electron chi connectivity index (χ0n) is 20.0. The van der Waals surface area contributed by atoms with E-state index in [2.05, 4.69) is 12.2 Å². The van der Waals surface area contributed by atoms with Crippen molar-refractivity contribution in [2.24, 2.45) is 5.92 Å². The molecule has 0 saturated heterocycles. The second-order valence-electron chi connectivity index (χ2n) is 8.95. The van der Waals surface area contributed by atoms with Gasteiger partial charge in [0.05, 0.1) is 13.7 Å². The highest BCUT2D eigenvalue weighted by molar-refractivity contribution is 5.98. The summed E-state index contributed by atoms with van der Waals surface area (Å²) in [6.07, 6.45) is 4.73. The predicted molar refractivity (Wildman–Crippen MR) is 130 cm³/mol. The SMILES string of the molecule is CC[C@H]1CC[C@](NC(=O)c2ccc(OC)c(OCCc3cccc(CCO)c3)c2)(C(=O)O)CC1. The number of carboxylic acids is 1. The molecule has 0 aliphatic heterocycles. The van der Waals surface area contributed by atoms with Gasteiger partial charge in [-0.3, -0.25) is 4.79 Å². The Kier molecular flexibility index (Phi) is 8.93. The smallest absolute Gasteiger partial charge is 0.329 e. The highest BCUT2D eigenvalue weighted by atomic mass is 16.5. The van der Waals surface area contributed by atoms with E-state index in [1.165, 1.54) is 7.11 Å². The lowest BCUT2D eigenvalue weighted by Crippen LogP contribution is -2.56. The van der Waals surface area contributed by atoms with Crippen LogP contribution in [-0.4, -0.2) is 48.0 Å². The third-order valence-electron chi connectivity index (χ3n) is 6.76. The van der Waals surface area contributed by atoms with Crippen LogP contribution in [0.25, 0.3) is 0 Å². The molecule has 1 amide bonds. The summed E-state index contributed by atoms with van der Waals surface area (Å²) < 4.78 is 11.3. The first kappa shape index (κ1) is 25.6. The summed E-state index contributed by atoms with van der Waals surface area (Å²) in [7, 11) is 1.53. The minimum atomic E-state index is -1.23. The molecule has 1 fully saturated rings. The minimum Gasteiger partial charge on any atom is -0.493 e. The Balaban J connectivity index is 1.68. The number of hydrogen-bond donors (Lipinski definition) is 3. The fourth-order valence-corrected chi connectivity index (χ4v) is 4.54. The molecule has 184 valence electrons. The zero-order chi connectivity index (χ0) is 24.6. The first-order valence-corrected chi connectivity index (χ1v) is 12.0. The fraction of sp³-hybridized carbons (Fsp3) is 0.481. The number of amides is 1. The summed E-state index contributed by atoms with van der Waals surface area (Å²) in [5, 5.41) is 21.8. The molecule has 2 aromatic rings. The van der Waals surface area contributed by atoms with E-state index < -0.39 is 17.4 Å². The normalized spacial score (nSPS) is 19.9. The maximum atomic E-state index is 13.0. The molecule has 0 unspecified atom stereocenters. The number of aliphatic hydroxyl groups is 1. The van der Waals surface area contributed by atoms with E-state index in [4.69, 9.17) is 14.6 Å². The van der Waals surface area contributed by atoms with Gasteiger partial charge in [-0.2, -0.15) is 0 Å². The van der Waals surface area contributed by atoms with Crippen LogP contribution in [-0.2, 0) is 17.6 Å². The molecule has 0 heterocycles. The first-order chi connectivity index (χ1) is 16.4. The number of benzene rings is 2. The third kappa shape index (κ3) is 6.29. The van der Waals surface area contributed by atoms with Crippen molar-refractivity contribution in [2.45, 2.75) is 57.4 Å². The Labute approximate surface area is 201 Å². The Morgan fingerprint density at radius 1 is 1.06 bits per heavy atom. The molecule has 7 heteroatoms. The molecule has 2 aromatic carbocycles. The quantitative estimate of drug-likeness (QED) is 0.459. The molecule has 3 rings (SSSR count). The molecule has 1 aliphatic rings. The standard InChI is InChI=1S/C27H35NO6/c1-3-19-9-13-27(14-10-19,26(31)32)28-25(30)22-7-8-23(33-2)24(18-22)34-16-12-21-6-4-5-20(17-21)11-15-29/h4-8,17-19,29H,3,9-16H2,1-2H3,(H,28,30)(H,31,32)/t19-,27+. The van der Waals surface area contributed by atoms with Crippen LogP contribution in [0.5, 0.6) is 11.5 Å². The molecule has 7 nitrogen and oxygen atoms in total. The van der Waals surface area contributed by atoms with Gasteiger partial charge in [0.25, 0.3) is 5.91 Å². The summed E-state index contributed by atoms with van der Waals surface area (Å²) in [6, 6.07) is 12.9. The maximum absolute atomic E-state index is 13.0. The number of carbonyl (C=O) groups is 2. The van der Waals surface area contributed by atoms with Crippen molar-refractivity contribution in [1.29, 1.82) is 0 Å². The summed E-state index contributed by atoms with van der Waals surface area (Å²) in [4.78, 5) is 25.1. The molecule has 0 spiro atoms. The van der Waals surface area contributed by atoms with Crippen molar-refractivity contribution in [2.75, 3.05) is 20.3 Å². The Hall–Kier alpha value is -3.06. The molecular formula is C27H35NO6. The number of aliphatic carboxylic acids is 1. The average molecular weight is 470 g/mol. The number of methoxy groups -OCH3 is 1. The number of carbonyl (C=O) groups excluding carboxylic acids is 1. The van der Waals surface area contributed by atoms with E-state index in [0.29, 0.717) is 55.3 Å². The molecule has 3 N–H and O–H groups in total. The highest BCUT2D eigenvalue weighted by Crippen LogP contribution is 2.35.